The topological polar surface area (TPSA) is 61.5 Å². The van der Waals surface area contributed by atoms with E-state index in [-0.39, 0.29) is 5.92 Å². The Bertz CT molecular complexity index is 479. The van der Waals surface area contributed by atoms with Crippen molar-refractivity contribution in [2.24, 2.45) is 5.92 Å². The molecule has 2 aliphatic rings. The van der Waals surface area contributed by atoms with Gasteiger partial charge in [-0.2, -0.15) is 5.10 Å². The molecule has 2 fully saturated rings. The second-order valence-electron chi connectivity index (χ2n) is 5.68. The zero-order chi connectivity index (χ0) is 14.7. The predicted octanol–water partition coefficient (Wildman–Crippen LogP) is 1.24. The molecular formula is C14H21BrN4O2. The van der Waals surface area contributed by atoms with Gasteiger partial charge in [0.1, 0.15) is 0 Å². The van der Waals surface area contributed by atoms with Crippen LogP contribution in [0.4, 0.5) is 0 Å². The molecule has 1 N–H and O–H groups in total. The highest BCUT2D eigenvalue weighted by atomic mass is 79.9. The SMILES string of the molecule is O=C(C1CCOCC1)N1CCN(Cc2[nH]ncc2Br)CC1. The molecule has 21 heavy (non-hydrogen) atoms. The number of carbonyl (C=O) groups excluding carboxylic acids is 1. The summed E-state index contributed by atoms with van der Waals surface area (Å²) in [5.41, 5.74) is 1.10. The molecule has 3 heterocycles. The third-order valence-electron chi connectivity index (χ3n) is 4.30. The van der Waals surface area contributed by atoms with Gasteiger partial charge in [0.25, 0.3) is 0 Å². The van der Waals surface area contributed by atoms with E-state index in [4.69, 9.17) is 4.74 Å². The Hall–Kier alpha value is -0.920. The number of nitrogens with zero attached hydrogens (tertiary/aromatic N) is 3. The van der Waals surface area contributed by atoms with Gasteiger partial charge in [0, 0.05) is 51.9 Å². The third-order valence-corrected chi connectivity index (χ3v) is 4.99. The molecule has 0 unspecified atom stereocenters. The van der Waals surface area contributed by atoms with Crippen LogP contribution in [0.1, 0.15) is 18.5 Å². The molecule has 1 aromatic heterocycles. The maximum Gasteiger partial charge on any atom is 0.225 e. The summed E-state index contributed by atoms with van der Waals surface area (Å²) < 4.78 is 6.35. The smallest absolute Gasteiger partial charge is 0.225 e. The molecule has 0 atom stereocenters. The van der Waals surface area contributed by atoms with Crippen molar-refractivity contribution in [1.82, 2.24) is 20.0 Å². The van der Waals surface area contributed by atoms with Gasteiger partial charge in [-0.25, -0.2) is 0 Å². The minimum Gasteiger partial charge on any atom is -0.381 e. The highest BCUT2D eigenvalue weighted by Gasteiger charge is 2.28. The average Bonchev–Trinajstić information content (AvgIpc) is 2.93. The van der Waals surface area contributed by atoms with E-state index in [1.165, 1.54) is 0 Å². The first kappa shape index (κ1) is 15.0. The number of aromatic nitrogens is 2. The molecule has 2 aliphatic heterocycles. The van der Waals surface area contributed by atoms with Gasteiger partial charge in [-0.1, -0.05) is 0 Å². The van der Waals surface area contributed by atoms with Crippen LogP contribution >= 0.6 is 15.9 Å². The lowest BCUT2D eigenvalue weighted by Crippen LogP contribution is -2.50. The lowest BCUT2D eigenvalue weighted by atomic mass is 9.98. The summed E-state index contributed by atoms with van der Waals surface area (Å²) in [4.78, 5) is 16.8. The number of hydrogen-bond acceptors (Lipinski definition) is 4. The Kier molecular flexibility index (Phi) is 4.92. The second kappa shape index (κ2) is 6.89. The quantitative estimate of drug-likeness (QED) is 0.885. The Labute approximate surface area is 132 Å². The molecule has 0 radical (unpaired) electrons. The van der Waals surface area contributed by atoms with E-state index in [9.17, 15) is 4.79 Å². The van der Waals surface area contributed by atoms with Gasteiger partial charge in [-0.15, -0.1) is 0 Å². The molecule has 0 aromatic carbocycles. The van der Waals surface area contributed by atoms with E-state index in [2.05, 4.69) is 31.0 Å². The summed E-state index contributed by atoms with van der Waals surface area (Å²) in [5.74, 6) is 0.493. The van der Waals surface area contributed by atoms with Crippen molar-refractivity contribution in [3.05, 3.63) is 16.4 Å². The first-order valence-electron chi connectivity index (χ1n) is 7.50. The maximum absolute atomic E-state index is 12.5. The summed E-state index contributed by atoms with van der Waals surface area (Å²) in [7, 11) is 0. The number of H-pyrrole nitrogens is 1. The number of nitrogens with one attached hydrogen (secondary N) is 1. The minimum absolute atomic E-state index is 0.173. The average molecular weight is 357 g/mol. The number of aromatic amines is 1. The van der Waals surface area contributed by atoms with Crippen LogP contribution in [0, 0.1) is 5.92 Å². The molecule has 1 amide bonds. The molecule has 0 spiro atoms. The maximum atomic E-state index is 12.5. The number of carbonyl (C=O) groups is 1. The van der Waals surface area contributed by atoms with Crippen LogP contribution in [0.5, 0.6) is 0 Å². The van der Waals surface area contributed by atoms with Gasteiger partial charge < -0.3 is 9.64 Å². The van der Waals surface area contributed by atoms with Crippen LogP contribution in [-0.2, 0) is 16.1 Å². The lowest BCUT2D eigenvalue weighted by Gasteiger charge is -2.37. The fourth-order valence-electron chi connectivity index (χ4n) is 2.96. The number of ether oxygens (including phenoxy) is 1. The van der Waals surface area contributed by atoms with E-state index in [1.807, 2.05) is 4.90 Å². The molecule has 6 nitrogen and oxygen atoms in total. The first-order valence-corrected chi connectivity index (χ1v) is 8.30. The van der Waals surface area contributed by atoms with Crippen LogP contribution in [-0.4, -0.2) is 65.3 Å². The minimum atomic E-state index is 0.173. The summed E-state index contributed by atoms with van der Waals surface area (Å²) in [6.45, 7) is 5.78. The molecule has 116 valence electrons. The van der Waals surface area contributed by atoms with Crippen LogP contribution in [0.15, 0.2) is 10.7 Å². The van der Waals surface area contributed by atoms with E-state index < -0.39 is 0 Å². The molecule has 7 heteroatoms. The summed E-state index contributed by atoms with van der Waals surface area (Å²) in [6, 6.07) is 0. The molecule has 0 aliphatic carbocycles. The number of hydrogen-bond donors (Lipinski definition) is 1. The van der Waals surface area contributed by atoms with E-state index in [1.54, 1.807) is 6.20 Å². The Morgan fingerprint density at radius 1 is 1.33 bits per heavy atom. The van der Waals surface area contributed by atoms with Crippen LogP contribution < -0.4 is 0 Å². The zero-order valence-electron chi connectivity index (χ0n) is 12.1. The monoisotopic (exact) mass is 356 g/mol. The van der Waals surface area contributed by atoms with Gasteiger partial charge in [-0.3, -0.25) is 14.8 Å². The molecule has 0 saturated carbocycles. The number of halogens is 1. The number of amides is 1. The van der Waals surface area contributed by atoms with Gasteiger partial charge in [0.15, 0.2) is 0 Å². The molecule has 3 rings (SSSR count). The third kappa shape index (κ3) is 3.64. The fraction of sp³-hybridized carbons (Fsp3) is 0.714. The van der Waals surface area contributed by atoms with Gasteiger partial charge in [-0.05, 0) is 28.8 Å². The second-order valence-corrected chi connectivity index (χ2v) is 6.54. The molecule has 1 aromatic rings. The van der Waals surface area contributed by atoms with E-state index in [0.717, 1.165) is 68.9 Å². The van der Waals surface area contributed by atoms with Crippen molar-refractivity contribution in [2.45, 2.75) is 19.4 Å². The van der Waals surface area contributed by atoms with Crippen molar-refractivity contribution < 1.29 is 9.53 Å². The Morgan fingerprint density at radius 3 is 2.67 bits per heavy atom. The standard InChI is InChI=1S/C14H21BrN4O2/c15-12-9-16-17-13(12)10-18-3-5-19(6-4-18)14(20)11-1-7-21-8-2-11/h9,11H,1-8,10H2,(H,16,17). The van der Waals surface area contributed by atoms with Crippen LogP contribution in [0.2, 0.25) is 0 Å². The van der Waals surface area contributed by atoms with Crippen molar-refractivity contribution in [3.8, 4) is 0 Å². The molecular weight excluding hydrogens is 336 g/mol. The molecule has 0 bridgehead atoms. The van der Waals surface area contributed by atoms with E-state index >= 15 is 0 Å². The van der Waals surface area contributed by atoms with Gasteiger partial charge >= 0.3 is 0 Å². The number of piperazine rings is 1. The Balaban J connectivity index is 1.48. The molecule has 2 saturated heterocycles. The van der Waals surface area contributed by atoms with Gasteiger partial charge in [0.05, 0.1) is 16.4 Å². The van der Waals surface area contributed by atoms with Crippen molar-refractivity contribution in [3.63, 3.8) is 0 Å². The van der Waals surface area contributed by atoms with Crippen molar-refractivity contribution >= 4 is 21.8 Å². The van der Waals surface area contributed by atoms with E-state index in [0.29, 0.717) is 5.91 Å². The first-order chi connectivity index (χ1) is 10.2. The van der Waals surface area contributed by atoms with Crippen molar-refractivity contribution in [1.29, 1.82) is 0 Å². The zero-order valence-corrected chi connectivity index (χ0v) is 13.6. The van der Waals surface area contributed by atoms with Crippen molar-refractivity contribution in [2.75, 3.05) is 39.4 Å². The normalized spacial score (nSPS) is 21.7. The van der Waals surface area contributed by atoms with Crippen LogP contribution in [0.3, 0.4) is 0 Å². The highest BCUT2D eigenvalue weighted by molar-refractivity contribution is 9.10. The summed E-state index contributed by atoms with van der Waals surface area (Å²) in [6.07, 6.45) is 3.53. The largest absolute Gasteiger partial charge is 0.381 e. The highest BCUT2D eigenvalue weighted by Crippen LogP contribution is 2.20. The van der Waals surface area contributed by atoms with Crippen LogP contribution in [0.25, 0.3) is 0 Å². The summed E-state index contributed by atoms with van der Waals surface area (Å²) >= 11 is 3.48. The predicted molar refractivity (Wildman–Crippen MR) is 81.7 cm³/mol. The fourth-order valence-corrected chi connectivity index (χ4v) is 3.28. The number of rotatable bonds is 3. The Morgan fingerprint density at radius 2 is 2.05 bits per heavy atom. The lowest BCUT2D eigenvalue weighted by molar-refractivity contribution is -0.140. The summed E-state index contributed by atoms with van der Waals surface area (Å²) in [5, 5.41) is 7.02. The van der Waals surface area contributed by atoms with Gasteiger partial charge in [0.2, 0.25) is 5.91 Å².